The molecule has 1 rings (SSSR count). The molecule has 1 amide bonds. The number of carbonyl (C=O) groups is 1. The monoisotopic (exact) mass is 314 g/mol. The molecule has 0 bridgehead atoms. The zero-order chi connectivity index (χ0) is 15.7. The van der Waals surface area contributed by atoms with Gasteiger partial charge in [0.1, 0.15) is 4.90 Å². The maximum absolute atomic E-state index is 12.1. The first kappa shape index (κ1) is 16.4. The normalized spacial score (nSPS) is 12.5. The third kappa shape index (κ3) is 3.93. The molecule has 0 unspecified atom stereocenters. The predicted molar refractivity (Wildman–Crippen MR) is 62.3 cm³/mol. The van der Waals surface area contributed by atoms with E-state index in [2.05, 4.69) is 10.2 Å². The van der Waals surface area contributed by atoms with E-state index in [1.165, 1.54) is 6.92 Å². The summed E-state index contributed by atoms with van der Waals surface area (Å²) in [6, 6.07) is 0. The number of hydrogen-bond donors (Lipinski definition) is 2. The lowest BCUT2D eigenvalue weighted by molar-refractivity contribution is -0.136. The quantitative estimate of drug-likeness (QED) is 0.837. The molecule has 0 aliphatic rings. The van der Waals surface area contributed by atoms with E-state index in [4.69, 9.17) is 5.14 Å². The molecular formula is C9H13F3N4O3S. The SMILES string of the molecule is Cc1[nH]nc(C(=O)N(C)CCC(F)(F)F)c1S(N)(=O)=O. The van der Waals surface area contributed by atoms with Gasteiger partial charge in [0.2, 0.25) is 10.0 Å². The average molecular weight is 314 g/mol. The van der Waals surface area contributed by atoms with Crippen LogP contribution < -0.4 is 5.14 Å². The van der Waals surface area contributed by atoms with E-state index in [1.807, 2.05) is 0 Å². The van der Waals surface area contributed by atoms with E-state index >= 15 is 0 Å². The molecule has 11 heteroatoms. The van der Waals surface area contributed by atoms with E-state index in [-0.39, 0.29) is 5.69 Å². The zero-order valence-electron chi connectivity index (χ0n) is 10.7. The highest BCUT2D eigenvalue weighted by atomic mass is 32.2. The van der Waals surface area contributed by atoms with Crippen molar-refractivity contribution in [3.8, 4) is 0 Å². The number of halogens is 3. The summed E-state index contributed by atoms with van der Waals surface area (Å²) in [4.78, 5) is 12.1. The number of hydrogen-bond acceptors (Lipinski definition) is 4. The van der Waals surface area contributed by atoms with Gasteiger partial charge in [-0.1, -0.05) is 0 Å². The van der Waals surface area contributed by atoms with Gasteiger partial charge >= 0.3 is 6.18 Å². The molecule has 0 aliphatic carbocycles. The lowest BCUT2D eigenvalue weighted by Crippen LogP contribution is -2.32. The second kappa shape index (κ2) is 5.40. The molecule has 114 valence electrons. The number of aromatic nitrogens is 2. The summed E-state index contributed by atoms with van der Waals surface area (Å²) in [6.07, 6.45) is -5.62. The molecule has 1 aromatic heterocycles. The minimum atomic E-state index is -4.42. The van der Waals surface area contributed by atoms with Gasteiger partial charge in [-0.25, -0.2) is 13.6 Å². The third-order valence-corrected chi connectivity index (χ3v) is 3.52. The Kier molecular flexibility index (Phi) is 4.44. The van der Waals surface area contributed by atoms with Crippen LogP contribution in [0.25, 0.3) is 0 Å². The second-order valence-electron chi connectivity index (χ2n) is 4.16. The molecular weight excluding hydrogens is 301 g/mol. The van der Waals surface area contributed by atoms with Crippen molar-refractivity contribution in [2.75, 3.05) is 13.6 Å². The smallest absolute Gasteiger partial charge is 0.340 e. The maximum atomic E-state index is 12.1. The first-order chi connectivity index (χ1) is 8.93. The molecule has 0 saturated carbocycles. The summed E-state index contributed by atoms with van der Waals surface area (Å²) in [5.74, 6) is -0.956. The van der Waals surface area contributed by atoms with Gasteiger partial charge in [0.15, 0.2) is 5.69 Å². The van der Waals surface area contributed by atoms with E-state index in [1.54, 1.807) is 0 Å². The third-order valence-electron chi connectivity index (χ3n) is 2.46. The summed E-state index contributed by atoms with van der Waals surface area (Å²) in [6.45, 7) is 0.720. The fourth-order valence-electron chi connectivity index (χ4n) is 1.49. The van der Waals surface area contributed by atoms with Crippen molar-refractivity contribution >= 4 is 15.9 Å². The molecule has 1 heterocycles. The van der Waals surface area contributed by atoms with E-state index in [0.29, 0.717) is 0 Å². The fraction of sp³-hybridized carbons (Fsp3) is 0.556. The van der Waals surface area contributed by atoms with Crippen molar-refractivity contribution < 1.29 is 26.4 Å². The molecule has 1 aromatic rings. The summed E-state index contributed by atoms with van der Waals surface area (Å²) in [5, 5.41) is 10.7. The summed E-state index contributed by atoms with van der Waals surface area (Å²) in [5.41, 5.74) is -0.477. The average Bonchev–Trinajstić information content (AvgIpc) is 2.65. The minimum absolute atomic E-state index is 0.0417. The maximum Gasteiger partial charge on any atom is 0.390 e. The second-order valence-corrected chi connectivity index (χ2v) is 5.66. The molecule has 0 fully saturated rings. The van der Waals surface area contributed by atoms with Crippen molar-refractivity contribution in [3.05, 3.63) is 11.4 Å². The first-order valence-corrected chi connectivity index (χ1v) is 6.88. The van der Waals surface area contributed by atoms with E-state index in [9.17, 15) is 26.4 Å². The van der Waals surface area contributed by atoms with Crippen molar-refractivity contribution in [1.29, 1.82) is 0 Å². The lowest BCUT2D eigenvalue weighted by atomic mass is 10.3. The Morgan fingerprint density at radius 3 is 2.45 bits per heavy atom. The fourth-order valence-corrected chi connectivity index (χ4v) is 2.36. The predicted octanol–water partition coefficient (Wildman–Crippen LogP) is 0.390. The molecule has 3 N–H and O–H groups in total. The van der Waals surface area contributed by atoms with Crippen LogP contribution in [0.4, 0.5) is 13.2 Å². The van der Waals surface area contributed by atoms with Gasteiger partial charge in [-0.2, -0.15) is 18.3 Å². The Morgan fingerprint density at radius 1 is 1.45 bits per heavy atom. The Bertz CT molecular complexity index is 608. The molecule has 0 radical (unpaired) electrons. The number of sulfonamides is 1. The largest absolute Gasteiger partial charge is 0.390 e. The highest BCUT2D eigenvalue weighted by molar-refractivity contribution is 7.89. The van der Waals surface area contributed by atoms with E-state index in [0.717, 1.165) is 11.9 Å². The van der Waals surface area contributed by atoms with Crippen molar-refractivity contribution in [2.45, 2.75) is 24.4 Å². The molecule has 0 atom stereocenters. The standard InChI is InChI=1S/C9H13F3N4O3S/c1-5-7(20(13,18)19)6(15-14-5)8(17)16(2)4-3-9(10,11)12/h3-4H2,1-2H3,(H,14,15)(H2,13,18,19). The van der Waals surface area contributed by atoms with Gasteiger partial charge in [0.25, 0.3) is 5.91 Å². The van der Waals surface area contributed by atoms with Crippen LogP contribution in [0.5, 0.6) is 0 Å². The lowest BCUT2D eigenvalue weighted by Gasteiger charge is -2.17. The van der Waals surface area contributed by atoms with Crippen LogP contribution in [-0.2, 0) is 10.0 Å². The van der Waals surface area contributed by atoms with Crippen LogP contribution in [0.3, 0.4) is 0 Å². The highest BCUT2D eigenvalue weighted by Gasteiger charge is 2.31. The van der Waals surface area contributed by atoms with Crippen LogP contribution >= 0.6 is 0 Å². The van der Waals surface area contributed by atoms with Crippen LogP contribution in [0.15, 0.2) is 4.90 Å². The Balaban J connectivity index is 2.99. The van der Waals surface area contributed by atoms with Gasteiger partial charge in [0.05, 0.1) is 12.1 Å². The number of nitrogens with two attached hydrogens (primary N) is 1. The van der Waals surface area contributed by atoms with E-state index < -0.39 is 45.7 Å². The zero-order valence-corrected chi connectivity index (χ0v) is 11.5. The number of nitrogens with one attached hydrogen (secondary N) is 1. The first-order valence-electron chi connectivity index (χ1n) is 5.33. The highest BCUT2D eigenvalue weighted by Crippen LogP contribution is 2.21. The number of primary sulfonamides is 1. The van der Waals surface area contributed by atoms with Crippen molar-refractivity contribution in [1.82, 2.24) is 15.1 Å². The number of aromatic amines is 1. The van der Waals surface area contributed by atoms with Crippen molar-refractivity contribution in [3.63, 3.8) is 0 Å². The Labute approximate surface area is 113 Å². The van der Waals surface area contributed by atoms with Gasteiger partial charge in [0, 0.05) is 13.6 Å². The summed E-state index contributed by atoms with van der Waals surface area (Å²) < 4.78 is 58.9. The number of H-pyrrole nitrogens is 1. The Morgan fingerprint density at radius 2 is 2.00 bits per heavy atom. The van der Waals surface area contributed by atoms with Crippen LogP contribution in [0.2, 0.25) is 0 Å². The summed E-state index contributed by atoms with van der Waals surface area (Å²) in [7, 11) is -3.09. The minimum Gasteiger partial charge on any atom is -0.340 e. The number of aryl methyl sites for hydroxylation is 1. The molecule has 7 nitrogen and oxygen atoms in total. The number of amides is 1. The number of alkyl halides is 3. The number of nitrogens with zero attached hydrogens (tertiary/aromatic N) is 2. The van der Waals surface area contributed by atoms with Gasteiger partial charge < -0.3 is 4.90 Å². The van der Waals surface area contributed by atoms with Crippen LogP contribution in [0.1, 0.15) is 22.6 Å². The topological polar surface area (TPSA) is 109 Å². The van der Waals surface area contributed by atoms with Gasteiger partial charge in [-0.15, -0.1) is 0 Å². The van der Waals surface area contributed by atoms with Crippen molar-refractivity contribution in [2.24, 2.45) is 5.14 Å². The molecule has 0 spiro atoms. The van der Waals surface area contributed by atoms with Gasteiger partial charge in [-0.05, 0) is 6.92 Å². The summed E-state index contributed by atoms with van der Waals surface area (Å²) >= 11 is 0. The molecule has 0 saturated heterocycles. The van der Waals surface area contributed by atoms with Crippen LogP contribution in [-0.4, -0.2) is 49.2 Å². The Hall–Kier alpha value is -1.62. The molecule has 0 aliphatic heterocycles. The number of carbonyl (C=O) groups excluding carboxylic acids is 1. The van der Waals surface area contributed by atoms with Crippen LogP contribution in [0, 0.1) is 6.92 Å². The molecule has 20 heavy (non-hydrogen) atoms. The van der Waals surface area contributed by atoms with Gasteiger partial charge in [-0.3, -0.25) is 9.89 Å². The molecule has 0 aromatic carbocycles. The number of rotatable bonds is 4.